The van der Waals surface area contributed by atoms with Gasteiger partial charge in [-0.15, -0.1) is 0 Å². The molecule has 2 aromatic heterocycles. The van der Waals surface area contributed by atoms with Crippen LogP contribution in [0, 0.1) is 6.92 Å². The molecule has 268 valence electrons. The van der Waals surface area contributed by atoms with Gasteiger partial charge in [0.1, 0.15) is 11.2 Å². The first kappa shape index (κ1) is 35.1. The average Bonchev–Trinajstić information content (AvgIpc) is 3.33. The molecule has 9 aromatic rings. The van der Waals surface area contributed by atoms with Gasteiger partial charge in [0.25, 0.3) is 0 Å². The maximum atomic E-state index is 7.76. The van der Waals surface area contributed by atoms with Crippen LogP contribution in [0.2, 0.25) is 39.3 Å². The van der Waals surface area contributed by atoms with E-state index in [2.05, 4.69) is 196 Å². The third kappa shape index (κ3) is 5.81. The van der Waals surface area contributed by atoms with E-state index in [1.54, 1.807) is 0 Å². The standard InChI is InChI=1S/C47H45NO2P2Si2/c1-32-37-26-18-19-29-40(37)48(47(32)51(35-22-10-8-11-23-35)36-24-12-9-13-25-36)52-49-45-41(53(2,3)4)30-33-20-14-16-27-38(33)43(45)44-39-28-17-15-21-34(39)31-42(46(44)50-52)54(5,6)7/h8-31H,1-7H3. The number of nitrogens with zero attached hydrogens (tertiary/aromatic N) is 1. The molecule has 54 heavy (non-hydrogen) atoms. The molecule has 7 aromatic carbocycles. The van der Waals surface area contributed by atoms with Crippen LogP contribution in [0.4, 0.5) is 0 Å². The molecule has 3 nitrogen and oxygen atoms in total. The summed E-state index contributed by atoms with van der Waals surface area (Å²) < 4.78 is 18.0. The Bertz CT molecular complexity index is 2770. The highest BCUT2D eigenvalue weighted by Gasteiger charge is 2.31. The molecule has 0 amide bonds. The van der Waals surface area contributed by atoms with Gasteiger partial charge in [-0.05, 0) is 61.1 Å². The predicted molar refractivity (Wildman–Crippen MR) is 243 cm³/mol. The van der Waals surface area contributed by atoms with E-state index < -0.39 is 32.2 Å². The molecule has 0 saturated carbocycles. The molecule has 0 radical (unpaired) electrons. The summed E-state index contributed by atoms with van der Waals surface area (Å²) in [6.45, 7) is 16.9. The Morgan fingerprint density at radius 1 is 0.500 bits per heavy atom. The van der Waals surface area contributed by atoms with Crippen molar-refractivity contribution in [3.05, 3.63) is 151 Å². The lowest BCUT2D eigenvalue weighted by Crippen LogP contribution is -2.38. The summed E-state index contributed by atoms with van der Waals surface area (Å²) in [5.74, 6) is 0. The van der Waals surface area contributed by atoms with Crippen LogP contribution >= 0.6 is 16.1 Å². The van der Waals surface area contributed by atoms with E-state index in [0.29, 0.717) is 0 Å². The average molecular weight is 774 g/mol. The smallest absolute Gasteiger partial charge is 0.346 e. The van der Waals surface area contributed by atoms with Gasteiger partial charge in [0.2, 0.25) is 0 Å². The fraction of sp³-hybridized carbons (Fsp3) is 0.149. The van der Waals surface area contributed by atoms with Gasteiger partial charge >= 0.3 is 8.16 Å². The summed E-state index contributed by atoms with van der Waals surface area (Å²) in [4.78, 5) is 0. The van der Waals surface area contributed by atoms with Gasteiger partial charge in [-0.2, -0.15) is 0 Å². The van der Waals surface area contributed by atoms with Crippen molar-refractivity contribution in [2.45, 2.75) is 46.2 Å². The van der Waals surface area contributed by atoms with Crippen LogP contribution in [-0.2, 0) is 0 Å². The minimum absolute atomic E-state index is 0.983. The molecule has 2 heterocycles. The Balaban J connectivity index is 1.58. The molecule has 0 aliphatic carbocycles. The van der Waals surface area contributed by atoms with Gasteiger partial charge in [-0.1, -0.05) is 179 Å². The summed E-state index contributed by atoms with van der Waals surface area (Å²) in [6.07, 6.45) is 0. The number of aryl methyl sites for hydroxylation is 1. The van der Waals surface area contributed by atoms with E-state index in [-0.39, 0.29) is 0 Å². The molecule has 0 spiro atoms. The lowest BCUT2D eigenvalue weighted by Gasteiger charge is -2.22. The van der Waals surface area contributed by atoms with Gasteiger partial charge in [0.05, 0.1) is 27.1 Å². The van der Waals surface area contributed by atoms with Crippen molar-refractivity contribution in [3.63, 3.8) is 0 Å². The van der Waals surface area contributed by atoms with Crippen molar-refractivity contribution in [1.82, 2.24) is 4.34 Å². The van der Waals surface area contributed by atoms with E-state index in [4.69, 9.17) is 8.39 Å². The Hall–Kier alpha value is -4.64. The summed E-state index contributed by atoms with van der Waals surface area (Å²) >= 11 is 0. The number of benzene rings is 7. The Labute approximate surface area is 321 Å². The monoisotopic (exact) mass is 773 g/mol. The second-order valence-electron chi connectivity index (χ2n) is 16.4. The molecule has 0 aliphatic rings. The second-order valence-corrected chi connectivity index (χ2v) is 29.8. The highest BCUT2D eigenvalue weighted by atomic mass is 31.1. The molecule has 7 heteroatoms. The van der Waals surface area contributed by atoms with Crippen LogP contribution in [0.5, 0.6) is 0 Å². The first-order valence-corrected chi connectivity index (χ1v) is 28.3. The van der Waals surface area contributed by atoms with Crippen molar-refractivity contribution in [2.75, 3.05) is 0 Å². The molecular formula is C47H45NO2P2Si2. The SMILES string of the molecule is Cc1c(P(c2ccccc2)c2ccccc2)n(-p2oc3c([Si](C)(C)C)cc4ccccc4c3c3c(o2)c([Si](C)(C)C)cc2ccccc23)c2ccccc12. The summed E-state index contributed by atoms with van der Waals surface area (Å²) in [5.41, 5.74) is 5.66. The predicted octanol–water partition coefficient (Wildman–Crippen LogP) is 12.0. The van der Waals surface area contributed by atoms with Crippen molar-refractivity contribution < 1.29 is 8.39 Å². The molecule has 0 unspecified atom stereocenters. The third-order valence-corrected chi connectivity index (χ3v) is 18.8. The first-order valence-electron chi connectivity index (χ1n) is 18.8. The number of aromatic nitrogens is 1. The fourth-order valence-electron chi connectivity index (χ4n) is 8.06. The van der Waals surface area contributed by atoms with E-state index in [0.717, 1.165) is 16.7 Å². The van der Waals surface area contributed by atoms with Crippen LogP contribution in [0.1, 0.15) is 5.56 Å². The van der Waals surface area contributed by atoms with Gasteiger partial charge in [0.15, 0.2) is 0 Å². The minimum Gasteiger partial charge on any atom is -0.404 e. The van der Waals surface area contributed by atoms with Crippen LogP contribution in [0.15, 0.2) is 154 Å². The molecule has 9 rings (SSSR count). The Kier molecular flexibility index (Phi) is 8.63. The molecule has 0 bridgehead atoms. The van der Waals surface area contributed by atoms with Gasteiger partial charge < -0.3 is 8.39 Å². The quantitative estimate of drug-likeness (QED) is 0.124. The second kappa shape index (κ2) is 13.3. The van der Waals surface area contributed by atoms with Crippen molar-refractivity contribution >= 4 is 113 Å². The van der Waals surface area contributed by atoms with Crippen molar-refractivity contribution in [1.29, 1.82) is 0 Å². The summed E-state index contributed by atoms with van der Waals surface area (Å²) in [5, 5.41) is 13.7. The van der Waals surface area contributed by atoms with Crippen LogP contribution < -0.4 is 26.4 Å². The highest BCUT2D eigenvalue weighted by Crippen LogP contribution is 2.47. The van der Waals surface area contributed by atoms with E-state index in [9.17, 15) is 0 Å². The van der Waals surface area contributed by atoms with Crippen molar-refractivity contribution in [2.24, 2.45) is 0 Å². The highest BCUT2D eigenvalue weighted by molar-refractivity contribution is 7.80. The normalized spacial score (nSPS) is 12.5. The van der Waals surface area contributed by atoms with Crippen LogP contribution in [0.25, 0.3) is 54.4 Å². The zero-order chi connectivity index (χ0) is 37.4. The number of para-hydroxylation sites is 1. The molecule has 0 N–H and O–H groups in total. The van der Waals surface area contributed by atoms with E-state index in [1.807, 2.05) is 0 Å². The fourth-order valence-corrected chi connectivity index (χ4v) is 15.6. The zero-order valence-corrected chi connectivity index (χ0v) is 35.8. The zero-order valence-electron chi connectivity index (χ0n) is 32.0. The van der Waals surface area contributed by atoms with Gasteiger partial charge in [-0.25, -0.2) is 4.34 Å². The minimum atomic E-state index is -1.98. The molecular weight excluding hydrogens is 729 g/mol. The maximum absolute atomic E-state index is 7.76. The third-order valence-electron chi connectivity index (χ3n) is 10.7. The largest absolute Gasteiger partial charge is 0.404 e. The Morgan fingerprint density at radius 2 is 0.907 bits per heavy atom. The number of rotatable bonds is 6. The van der Waals surface area contributed by atoms with E-state index in [1.165, 1.54) is 69.7 Å². The number of fused-ring (bicyclic) bond motifs is 8. The number of hydrogen-bond donors (Lipinski definition) is 0. The maximum Gasteiger partial charge on any atom is 0.346 e. The Morgan fingerprint density at radius 3 is 1.37 bits per heavy atom. The molecule has 0 fully saturated rings. The lowest BCUT2D eigenvalue weighted by molar-refractivity contribution is 0.634. The van der Waals surface area contributed by atoms with Crippen molar-refractivity contribution in [3.8, 4) is 0 Å². The number of hydrogen-bond acceptors (Lipinski definition) is 2. The van der Waals surface area contributed by atoms with E-state index >= 15 is 0 Å². The first-order chi connectivity index (χ1) is 26.0. The topological polar surface area (TPSA) is 31.2 Å². The van der Waals surface area contributed by atoms with Crippen LogP contribution in [-0.4, -0.2) is 20.5 Å². The van der Waals surface area contributed by atoms with Gasteiger partial charge in [0, 0.05) is 24.1 Å². The molecule has 0 saturated heterocycles. The summed E-state index contributed by atoms with van der Waals surface area (Å²) in [6, 6.07) is 53.5. The lowest BCUT2D eigenvalue weighted by atomic mass is 9.98. The van der Waals surface area contributed by atoms with Crippen LogP contribution in [0.3, 0.4) is 0 Å². The molecule has 0 atom stereocenters. The summed E-state index contributed by atoms with van der Waals surface area (Å²) in [7, 11) is -6.68. The molecule has 0 aliphatic heterocycles. The van der Waals surface area contributed by atoms with Gasteiger partial charge in [-0.3, -0.25) is 0 Å².